The van der Waals surface area contributed by atoms with Crippen LogP contribution in [0.2, 0.25) is 0 Å². The summed E-state index contributed by atoms with van der Waals surface area (Å²) < 4.78 is 32.9. The van der Waals surface area contributed by atoms with E-state index in [0.29, 0.717) is 17.0 Å². The fraction of sp³-hybridized carbons (Fsp3) is 0.318. The predicted octanol–water partition coefficient (Wildman–Crippen LogP) is 2.07. The number of hydrogen-bond acceptors (Lipinski definition) is 6. The molecule has 1 saturated heterocycles. The first-order valence-corrected chi connectivity index (χ1v) is 11.9. The number of nitrogens with zero attached hydrogens (tertiary/aromatic N) is 1. The van der Waals surface area contributed by atoms with Crippen molar-refractivity contribution in [3.8, 4) is 5.75 Å². The number of carboxylic acid groups (broad SMARTS) is 2. The summed E-state index contributed by atoms with van der Waals surface area (Å²) in [4.78, 5) is 36.2. The summed E-state index contributed by atoms with van der Waals surface area (Å²) in [5.41, 5.74) is 0.744. The Labute approximate surface area is 196 Å². The van der Waals surface area contributed by atoms with Crippen LogP contribution >= 0.6 is 0 Å². The first-order valence-electron chi connectivity index (χ1n) is 10.4. The van der Waals surface area contributed by atoms with Crippen LogP contribution in [0.3, 0.4) is 0 Å². The Bertz CT molecular complexity index is 1140. The van der Waals surface area contributed by atoms with Crippen molar-refractivity contribution in [3.05, 3.63) is 54.1 Å². The van der Waals surface area contributed by atoms with E-state index in [9.17, 15) is 27.9 Å². The summed E-state index contributed by atoms with van der Waals surface area (Å²) in [5.74, 6) is -1.67. The van der Waals surface area contributed by atoms with Gasteiger partial charge in [-0.2, -0.15) is 4.72 Å². The molecular weight excluding hydrogens is 466 g/mol. The van der Waals surface area contributed by atoms with Gasteiger partial charge in [0.25, 0.3) is 5.91 Å². The number of rotatable bonds is 8. The number of methoxy groups -OCH3 is 1. The van der Waals surface area contributed by atoms with E-state index in [2.05, 4.69) is 10.0 Å². The zero-order valence-electron chi connectivity index (χ0n) is 18.3. The Balaban J connectivity index is 1.66. The van der Waals surface area contributed by atoms with Crippen LogP contribution in [0.5, 0.6) is 5.75 Å². The van der Waals surface area contributed by atoms with Crippen molar-refractivity contribution in [2.24, 2.45) is 5.92 Å². The summed E-state index contributed by atoms with van der Waals surface area (Å²) >= 11 is 0. The van der Waals surface area contributed by atoms with Gasteiger partial charge in [0.1, 0.15) is 11.8 Å². The molecule has 34 heavy (non-hydrogen) atoms. The Morgan fingerprint density at radius 1 is 1.00 bits per heavy atom. The van der Waals surface area contributed by atoms with E-state index >= 15 is 0 Å². The number of ether oxygens (including phenoxy) is 1. The third-order valence-electron chi connectivity index (χ3n) is 5.60. The molecule has 0 aliphatic carbocycles. The van der Waals surface area contributed by atoms with E-state index in [1.165, 1.54) is 36.3 Å². The molecule has 2 aromatic rings. The first kappa shape index (κ1) is 25.0. The highest BCUT2D eigenvalue weighted by Crippen LogP contribution is 2.23. The summed E-state index contributed by atoms with van der Waals surface area (Å²) in [6.45, 7) is 0.266. The maximum atomic E-state index is 12.8. The minimum atomic E-state index is -4.18. The molecule has 1 fully saturated rings. The van der Waals surface area contributed by atoms with Gasteiger partial charge < -0.3 is 25.2 Å². The summed E-state index contributed by atoms with van der Waals surface area (Å²) in [6, 6.07) is 10.4. The van der Waals surface area contributed by atoms with Gasteiger partial charge >= 0.3 is 12.1 Å². The van der Waals surface area contributed by atoms with Crippen molar-refractivity contribution < 1.29 is 37.8 Å². The lowest BCUT2D eigenvalue weighted by Crippen LogP contribution is -2.50. The van der Waals surface area contributed by atoms with Crippen LogP contribution in [0.25, 0.3) is 0 Å². The van der Waals surface area contributed by atoms with Crippen molar-refractivity contribution in [1.29, 1.82) is 0 Å². The smallest absolute Gasteiger partial charge is 0.407 e. The molecular formula is C22H25N3O8S. The Morgan fingerprint density at radius 2 is 1.59 bits per heavy atom. The molecule has 1 aliphatic heterocycles. The summed E-state index contributed by atoms with van der Waals surface area (Å²) in [7, 11) is -2.66. The molecule has 2 amide bonds. The second-order valence-corrected chi connectivity index (χ2v) is 9.47. The fourth-order valence-electron chi connectivity index (χ4n) is 3.67. The minimum absolute atomic E-state index is 0.133. The first-order chi connectivity index (χ1) is 16.1. The largest absolute Gasteiger partial charge is 0.497 e. The average molecular weight is 492 g/mol. The van der Waals surface area contributed by atoms with Crippen LogP contribution in [0.1, 0.15) is 23.2 Å². The number of likely N-dealkylation sites (tertiary alicyclic amines) is 1. The van der Waals surface area contributed by atoms with E-state index in [-0.39, 0.29) is 30.8 Å². The van der Waals surface area contributed by atoms with Crippen LogP contribution in [0.4, 0.5) is 10.5 Å². The van der Waals surface area contributed by atoms with Gasteiger partial charge in [-0.1, -0.05) is 0 Å². The lowest BCUT2D eigenvalue weighted by Gasteiger charge is -2.33. The molecule has 0 saturated carbocycles. The third kappa shape index (κ3) is 6.02. The number of nitrogens with one attached hydrogen (secondary N) is 2. The lowest BCUT2D eigenvalue weighted by atomic mass is 9.90. The molecule has 4 N–H and O–H groups in total. The number of sulfonamides is 1. The summed E-state index contributed by atoms with van der Waals surface area (Å²) in [5, 5.41) is 21.3. The molecule has 0 aromatic heterocycles. The van der Waals surface area contributed by atoms with Crippen molar-refractivity contribution in [1.82, 2.24) is 9.62 Å². The number of benzene rings is 2. The highest BCUT2D eigenvalue weighted by molar-refractivity contribution is 7.89. The normalized spacial score (nSPS) is 15.4. The highest BCUT2D eigenvalue weighted by Gasteiger charge is 2.35. The van der Waals surface area contributed by atoms with Crippen LogP contribution in [-0.4, -0.2) is 67.7 Å². The van der Waals surface area contributed by atoms with Crippen molar-refractivity contribution in [2.45, 2.75) is 23.8 Å². The second-order valence-electron chi connectivity index (χ2n) is 7.75. The minimum Gasteiger partial charge on any atom is -0.497 e. The molecule has 1 aliphatic rings. The molecule has 0 spiro atoms. The molecule has 1 heterocycles. The van der Waals surface area contributed by atoms with E-state index in [0.717, 1.165) is 0 Å². The van der Waals surface area contributed by atoms with Crippen LogP contribution in [0.15, 0.2) is 53.4 Å². The predicted molar refractivity (Wildman–Crippen MR) is 121 cm³/mol. The SMILES string of the molecule is COc1ccc(C(=O)Nc2ccc(S(=O)(=O)NC(C(=O)O)C3CCN(C(=O)O)CC3)cc2)cc1. The number of aliphatic carboxylic acids is 1. The number of hydrogen-bond donors (Lipinski definition) is 4. The quantitative estimate of drug-likeness (QED) is 0.436. The maximum absolute atomic E-state index is 12.8. The average Bonchev–Trinajstić information content (AvgIpc) is 2.83. The molecule has 12 heteroatoms. The van der Waals surface area contributed by atoms with Gasteiger partial charge in [0.2, 0.25) is 10.0 Å². The molecule has 0 radical (unpaired) electrons. The Kier molecular flexibility index (Phi) is 7.74. The van der Waals surface area contributed by atoms with Crippen molar-refractivity contribution in [2.75, 3.05) is 25.5 Å². The van der Waals surface area contributed by atoms with Gasteiger partial charge in [-0.05, 0) is 67.3 Å². The number of carbonyl (C=O) groups is 3. The zero-order valence-corrected chi connectivity index (χ0v) is 19.1. The Hall–Kier alpha value is -3.64. The molecule has 0 bridgehead atoms. The highest BCUT2D eigenvalue weighted by atomic mass is 32.2. The van der Waals surface area contributed by atoms with Gasteiger partial charge in [-0.15, -0.1) is 0 Å². The summed E-state index contributed by atoms with van der Waals surface area (Å²) in [6.07, 6.45) is -0.644. The van der Waals surface area contributed by atoms with Gasteiger partial charge in [-0.25, -0.2) is 13.2 Å². The lowest BCUT2D eigenvalue weighted by molar-refractivity contribution is -0.140. The number of carbonyl (C=O) groups excluding carboxylic acids is 1. The van der Waals surface area contributed by atoms with E-state index in [4.69, 9.17) is 9.84 Å². The molecule has 11 nitrogen and oxygen atoms in total. The van der Waals surface area contributed by atoms with Crippen LogP contribution in [0, 0.1) is 5.92 Å². The molecule has 1 unspecified atom stereocenters. The van der Waals surface area contributed by atoms with Gasteiger partial charge in [0.05, 0.1) is 12.0 Å². The van der Waals surface area contributed by atoms with Gasteiger partial charge in [-0.3, -0.25) is 9.59 Å². The van der Waals surface area contributed by atoms with Crippen LogP contribution < -0.4 is 14.8 Å². The number of anilines is 1. The fourth-order valence-corrected chi connectivity index (χ4v) is 4.93. The number of piperidine rings is 1. The second kappa shape index (κ2) is 10.5. The molecule has 2 aromatic carbocycles. The van der Waals surface area contributed by atoms with E-state index in [1.54, 1.807) is 24.3 Å². The van der Waals surface area contributed by atoms with Crippen molar-refractivity contribution in [3.63, 3.8) is 0 Å². The van der Waals surface area contributed by atoms with Crippen molar-refractivity contribution >= 4 is 33.7 Å². The zero-order chi connectivity index (χ0) is 24.9. The van der Waals surface area contributed by atoms with E-state index < -0.39 is 40.0 Å². The van der Waals surface area contributed by atoms with E-state index in [1.807, 2.05) is 0 Å². The number of amides is 2. The monoisotopic (exact) mass is 491 g/mol. The standard InChI is InChI=1S/C22H25N3O8S/c1-33-17-6-2-15(3-7-17)20(26)23-16-4-8-18(9-5-16)34(31,32)24-19(21(27)28)14-10-12-25(13-11-14)22(29)30/h2-9,14,19,24H,10-13H2,1H3,(H,23,26)(H,27,28)(H,29,30). The van der Waals surface area contributed by atoms with Crippen LogP contribution in [-0.2, 0) is 14.8 Å². The van der Waals surface area contributed by atoms with Gasteiger partial charge in [0, 0.05) is 24.3 Å². The topological polar surface area (TPSA) is 162 Å². The van der Waals surface area contributed by atoms with Gasteiger partial charge in [0.15, 0.2) is 0 Å². The maximum Gasteiger partial charge on any atom is 0.407 e. The number of carboxylic acids is 1. The molecule has 3 rings (SSSR count). The third-order valence-corrected chi connectivity index (χ3v) is 7.06. The Morgan fingerprint density at radius 3 is 2.09 bits per heavy atom. The molecule has 1 atom stereocenters. The molecule has 182 valence electrons.